The van der Waals surface area contributed by atoms with Crippen molar-refractivity contribution in [1.82, 2.24) is 0 Å². The lowest BCUT2D eigenvalue weighted by Gasteiger charge is -2.36. The van der Waals surface area contributed by atoms with Gasteiger partial charge in [0, 0.05) is 32.0 Å². The van der Waals surface area contributed by atoms with Crippen LogP contribution in [0.2, 0.25) is 0 Å². The van der Waals surface area contributed by atoms with Crippen molar-refractivity contribution in [2.75, 3.05) is 0 Å². The van der Waals surface area contributed by atoms with Crippen LogP contribution in [0, 0.1) is 23.3 Å². The van der Waals surface area contributed by atoms with Crippen LogP contribution in [0.4, 0.5) is 17.6 Å². The highest BCUT2D eigenvalue weighted by atomic mass is 32.1. The molecule has 6 aromatic rings. The molecule has 0 amide bonds. The molecular formula is C38H22F4S2. The molecule has 1 aliphatic carbocycles. The monoisotopic (exact) mass is 618 g/mol. The molecule has 0 atom stereocenters. The van der Waals surface area contributed by atoms with Gasteiger partial charge in [-0.2, -0.15) is 0 Å². The number of rotatable bonds is 6. The summed E-state index contributed by atoms with van der Waals surface area (Å²) in [7, 11) is 0. The topological polar surface area (TPSA) is 0 Å². The number of thiophene rings is 2. The first-order chi connectivity index (χ1) is 21.5. The van der Waals surface area contributed by atoms with Crippen LogP contribution in [0.15, 0.2) is 143 Å². The first kappa shape index (κ1) is 28.0. The van der Waals surface area contributed by atoms with Crippen molar-refractivity contribution < 1.29 is 17.6 Å². The molecule has 2 heterocycles. The number of allylic oxidation sites excluding steroid dienone is 4. The zero-order valence-electron chi connectivity index (χ0n) is 23.0. The highest BCUT2D eigenvalue weighted by Gasteiger charge is 2.38. The molecule has 1 aliphatic rings. The van der Waals surface area contributed by atoms with E-state index in [1.807, 2.05) is 22.9 Å². The van der Waals surface area contributed by atoms with Crippen LogP contribution in [0.1, 0.15) is 32.0 Å². The van der Waals surface area contributed by atoms with Gasteiger partial charge in [0.2, 0.25) is 0 Å². The van der Waals surface area contributed by atoms with E-state index in [0.717, 1.165) is 65.4 Å². The van der Waals surface area contributed by atoms with E-state index in [1.54, 1.807) is 71.2 Å². The number of benzene rings is 4. The molecule has 0 nitrogen and oxygen atoms in total. The standard InChI is InChI=1S/C38H22F4S2/c39-27-13-5-23(6-14-27)33(24-7-15-28(40)16-8-24)37-35(31-3-1-21-43-31)36(32-4-2-22-44-32)38(37)34(25-9-17-29(41)18-10-25)26-11-19-30(42)20-12-26/h1-22H. The zero-order valence-corrected chi connectivity index (χ0v) is 24.7. The molecular weight excluding hydrogens is 597 g/mol. The van der Waals surface area contributed by atoms with Crippen molar-refractivity contribution in [1.29, 1.82) is 0 Å². The number of hydrogen-bond acceptors (Lipinski definition) is 2. The fourth-order valence-corrected chi connectivity index (χ4v) is 7.21. The lowest BCUT2D eigenvalue weighted by Crippen LogP contribution is -2.16. The molecule has 0 fully saturated rings. The van der Waals surface area contributed by atoms with Gasteiger partial charge in [0.1, 0.15) is 23.3 Å². The van der Waals surface area contributed by atoms with E-state index in [1.165, 1.54) is 48.5 Å². The summed E-state index contributed by atoms with van der Waals surface area (Å²) in [5, 5.41) is 4.04. The number of hydrogen-bond donors (Lipinski definition) is 0. The second kappa shape index (κ2) is 11.7. The largest absolute Gasteiger partial charge is 0.207 e. The zero-order chi connectivity index (χ0) is 30.2. The predicted octanol–water partition coefficient (Wildman–Crippen LogP) is 11.3. The van der Waals surface area contributed by atoms with E-state index in [9.17, 15) is 17.6 Å². The molecule has 0 N–H and O–H groups in total. The molecule has 7 rings (SSSR count). The van der Waals surface area contributed by atoms with Gasteiger partial charge in [0.25, 0.3) is 0 Å². The minimum atomic E-state index is -0.367. The Labute approximate surface area is 260 Å². The van der Waals surface area contributed by atoms with Gasteiger partial charge in [-0.1, -0.05) is 60.7 Å². The molecule has 0 spiro atoms. The van der Waals surface area contributed by atoms with Crippen molar-refractivity contribution in [2.45, 2.75) is 0 Å². The van der Waals surface area contributed by atoms with E-state index in [2.05, 4.69) is 12.1 Å². The van der Waals surface area contributed by atoms with Crippen LogP contribution in [0.3, 0.4) is 0 Å². The third kappa shape index (κ3) is 5.17. The Kier molecular flexibility index (Phi) is 7.46. The maximum Gasteiger partial charge on any atom is 0.123 e. The fourth-order valence-electron chi connectivity index (χ4n) is 5.65. The normalized spacial score (nSPS) is 12.8. The molecule has 6 heteroatoms. The molecule has 0 saturated heterocycles. The average molecular weight is 619 g/mol. The SMILES string of the molecule is Fc1ccc(C(=C2C(=C(c3ccc(F)cc3)c3ccc(F)cc3)C(c3cccs3)=C2c2cccs2)c2ccc(F)cc2)cc1. The second-order valence-electron chi connectivity index (χ2n) is 10.2. The van der Waals surface area contributed by atoms with E-state index in [0.29, 0.717) is 0 Å². The van der Waals surface area contributed by atoms with Crippen LogP contribution in [0.25, 0.3) is 22.3 Å². The maximum absolute atomic E-state index is 14.2. The minimum absolute atomic E-state index is 0.367. The number of halogens is 4. The van der Waals surface area contributed by atoms with Gasteiger partial charge in [0.15, 0.2) is 0 Å². The highest BCUT2D eigenvalue weighted by Crippen LogP contribution is 2.59. The minimum Gasteiger partial charge on any atom is -0.207 e. The molecule has 44 heavy (non-hydrogen) atoms. The molecule has 0 aliphatic heterocycles. The van der Waals surface area contributed by atoms with Crippen LogP contribution in [-0.4, -0.2) is 0 Å². The Balaban J connectivity index is 1.69. The molecule has 0 saturated carbocycles. The molecule has 0 unspecified atom stereocenters. The van der Waals surface area contributed by atoms with Crippen LogP contribution < -0.4 is 0 Å². The first-order valence-corrected chi connectivity index (χ1v) is 15.6. The Morgan fingerprint density at radius 2 is 0.636 bits per heavy atom. The van der Waals surface area contributed by atoms with E-state index in [4.69, 9.17) is 0 Å². The van der Waals surface area contributed by atoms with Gasteiger partial charge in [-0.15, -0.1) is 22.7 Å². The predicted molar refractivity (Wildman–Crippen MR) is 173 cm³/mol. The van der Waals surface area contributed by atoms with E-state index >= 15 is 0 Å². The van der Waals surface area contributed by atoms with Gasteiger partial charge in [-0.05, 0) is 105 Å². The lowest BCUT2D eigenvalue weighted by molar-refractivity contribution is 0.627. The fraction of sp³-hybridized carbons (Fsp3) is 0. The molecule has 0 radical (unpaired) electrons. The van der Waals surface area contributed by atoms with E-state index in [-0.39, 0.29) is 23.3 Å². The summed E-state index contributed by atoms with van der Waals surface area (Å²) in [6, 6.07) is 33.2. The van der Waals surface area contributed by atoms with Gasteiger partial charge in [-0.3, -0.25) is 0 Å². The van der Waals surface area contributed by atoms with E-state index < -0.39 is 0 Å². The van der Waals surface area contributed by atoms with Crippen molar-refractivity contribution in [3.63, 3.8) is 0 Å². The summed E-state index contributed by atoms with van der Waals surface area (Å²) in [5.74, 6) is -1.47. The molecule has 214 valence electrons. The van der Waals surface area contributed by atoms with Gasteiger partial charge >= 0.3 is 0 Å². The quantitative estimate of drug-likeness (QED) is 0.163. The molecule has 4 aromatic carbocycles. The molecule has 2 aromatic heterocycles. The summed E-state index contributed by atoms with van der Waals surface area (Å²) in [5.41, 5.74) is 8.38. The first-order valence-electron chi connectivity index (χ1n) is 13.8. The van der Waals surface area contributed by atoms with Crippen molar-refractivity contribution in [2.24, 2.45) is 0 Å². The Bertz CT molecular complexity index is 1780. The van der Waals surface area contributed by atoms with Crippen LogP contribution in [-0.2, 0) is 0 Å². The lowest BCUT2D eigenvalue weighted by atomic mass is 9.68. The summed E-state index contributed by atoms with van der Waals surface area (Å²) >= 11 is 3.21. The highest BCUT2D eigenvalue weighted by molar-refractivity contribution is 7.12. The van der Waals surface area contributed by atoms with Crippen molar-refractivity contribution in [3.05, 3.63) is 199 Å². The maximum atomic E-state index is 14.2. The summed E-state index contributed by atoms with van der Waals surface area (Å²) in [6.07, 6.45) is 0. The van der Waals surface area contributed by atoms with Gasteiger partial charge < -0.3 is 0 Å². The summed E-state index contributed by atoms with van der Waals surface area (Å²) in [4.78, 5) is 2.07. The summed E-state index contributed by atoms with van der Waals surface area (Å²) < 4.78 is 56.9. The summed E-state index contributed by atoms with van der Waals surface area (Å²) in [6.45, 7) is 0. The average Bonchev–Trinajstić information content (AvgIpc) is 3.75. The van der Waals surface area contributed by atoms with Crippen LogP contribution >= 0.6 is 22.7 Å². The van der Waals surface area contributed by atoms with Crippen molar-refractivity contribution in [3.8, 4) is 0 Å². The van der Waals surface area contributed by atoms with Crippen molar-refractivity contribution >= 4 is 45.0 Å². The smallest absolute Gasteiger partial charge is 0.123 e. The Hall–Kier alpha value is -4.78. The van der Waals surface area contributed by atoms with Gasteiger partial charge in [-0.25, -0.2) is 17.6 Å². The second-order valence-corrected chi connectivity index (χ2v) is 12.1. The Morgan fingerprint density at radius 1 is 0.364 bits per heavy atom. The third-order valence-electron chi connectivity index (χ3n) is 7.57. The molecule has 0 bridgehead atoms. The third-order valence-corrected chi connectivity index (χ3v) is 9.34. The van der Waals surface area contributed by atoms with Crippen LogP contribution in [0.5, 0.6) is 0 Å². The van der Waals surface area contributed by atoms with Gasteiger partial charge in [0.05, 0.1) is 0 Å². The Morgan fingerprint density at radius 3 is 0.864 bits per heavy atom.